The highest BCUT2D eigenvalue weighted by Crippen LogP contribution is 2.27. The first-order valence-corrected chi connectivity index (χ1v) is 8.81. The Morgan fingerprint density at radius 1 is 1.41 bits per heavy atom. The first-order chi connectivity index (χ1) is 13.0. The number of rotatable bonds is 6. The van der Waals surface area contributed by atoms with Gasteiger partial charge in [-0.2, -0.15) is 8.78 Å². The molecule has 0 aromatic carbocycles. The van der Waals surface area contributed by atoms with Gasteiger partial charge in [0.15, 0.2) is 0 Å². The molecule has 0 saturated carbocycles. The van der Waals surface area contributed by atoms with E-state index in [-0.39, 0.29) is 18.2 Å². The minimum atomic E-state index is -2.91. The second kappa shape index (κ2) is 8.58. The quantitative estimate of drug-likeness (QED) is 0.695. The number of fused-ring (bicyclic) bond motifs is 1. The van der Waals surface area contributed by atoms with E-state index < -0.39 is 12.6 Å². The summed E-state index contributed by atoms with van der Waals surface area (Å²) >= 11 is 6.31. The van der Waals surface area contributed by atoms with Gasteiger partial charge in [0.05, 0.1) is 12.3 Å². The molecule has 0 bridgehead atoms. The van der Waals surface area contributed by atoms with Gasteiger partial charge >= 0.3 is 12.6 Å². The van der Waals surface area contributed by atoms with Crippen LogP contribution < -0.4 is 4.74 Å². The Morgan fingerprint density at radius 2 is 2.22 bits per heavy atom. The predicted octanol–water partition coefficient (Wildman–Crippen LogP) is 3.47. The Hall–Kier alpha value is -2.32. The number of pyridine rings is 2. The second-order valence-corrected chi connectivity index (χ2v) is 6.38. The maximum absolute atomic E-state index is 12.3. The summed E-state index contributed by atoms with van der Waals surface area (Å²) in [7, 11) is 0. The van der Waals surface area contributed by atoms with Gasteiger partial charge in [0.2, 0.25) is 5.88 Å². The first kappa shape index (κ1) is 19.4. The van der Waals surface area contributed by atoms with Gasteiger partial charge < -0.3 is 9.47 Å². The molecule has 6 nitrogen and oxygen atoms in total. The molecule has 9 heteroatoms. The Morgan fingerprint density at radius 3 is 2.96 bits per heavy atom. The highest BCUT2D eigenvalue weighted by Gasteiger charge is 2.23. The summed E-state index contributed by atoms with van der Waals surface area (Å²) in [5.41, 5.74) is 2.60. The van der Waals surface area contributed by atoms with Crippen LogP contribution >= 0.6 is 11.6 Å². The van der Waals surface area contributed by atoms with Crippen LogP contribution in [0.2, 0.25) is 5.02 Å². The molecule has 3 rings (SSSR count). The number of esters is 1. The molecule has 0 unspecified atom stereocenters. The van der Waals surface area contributed by atoms with E-state index in [1.165, 1.54) is 18.3 Å². The van der Waals surface area contributed by atoms with Gasteiger partial charge in [-0.3, -0.25) is 4.90 Å². The van der Waals surface area contributed by atoms with Crippen molar-refractivity contribution in [3.63, 3.8) is 0 Å². The number of carbonyl (C=O) groups is 1. The summed E-state index contributed by atoms with van der Waals surface area (Å²) in [6, 6.07) is 4.76. The molecule has 0 spiro atoms. The molecule has 2 aromatic heterocycles. The topological polar surface area (TPSA) is 64.5 Å². The van der Waals surface area contributed by atoms with Gasteiger partial charge in [0, 0.05) is 36.9 Å². The van der Waals surface area contributed by atoms with E-state index >= 15 is 0 Å². The molecular formula is C18H18ClF2N3O3. The third-order valence-corrected chi connectivity index (χ3v) is 4.44. The number of alkyl halides is 2. The van der Waals surface area contributed by atoms with Gasteiger partial charge in [-0.25, -0.2) is 14.8 Å². The van der Waals surface area contributed by atoms with E-state index in [1.54, 1.807) is 13.0 Å². The van der Waals surface area contributed by atoms with Gasteiger partial charge in [0.25, 0.3) is 0 Å². The largest absolute Gasteiger partial charge is 0.461 e. The first-order valence-electron chi connectivity index (χ1n) is 8.43. The molecule has 0 amide bonds. The average Bonchev–Trinajstić information content (AvgIpc) is 2.61. The van der Waals surface area contributed by atoms with Crippen LogP contribution in [-0.2, 0) is 24.2 Å². The minimum absolute atomic E-state index is 0.120. The van der Waals surface area contributed by atoms with Crippen molar-refractivity contribution in [3.8, 4) is 5.88 Å². The molecule has 144 valence electrons. The van der Waals surface area contributed by atoms with Crippen molar-refractivity contribution >= 4 is 17.6 Å². The molecule has 0 saturated heterocycles. The van der Waals surface area contributed by atoms with Crippen LogP contribution in [0.15, 0.2) is 24.4 Å². The lowest BCUT2D eigenvalue weighted by Crippen LogP contribution is -2.31. The van der Waals surface area contributed by atoms with Gasteiger partial charge in [0.1, 0.15) is 5.69 Å². The Labute approximate surface area is 160 Å². The zero-order chi connectivity index (χ0) is 19.4. The Balaban J connectivity index is 1.75. The van der Waals surface area contributed by atoms with Gasteiger partial charge in [-0.15, -0.1) is 0 Å². The number of halogens is 3. The van der Waals surface area contributed by atoms with Crippen LogP contribution in [0.3, 0.4) is 0 Å². The van der Waals surface area contributed by atoms with Crippen molar-refractivity contribution in [2.75, 3.05) is 13.2 Å². The zero-order valence-corrected chi connectivity index (χ0v) is 15.4. The van der Waals surface area contributed by atoms with Crippen LogP contribution in [0.4, 0.5) is 8.78 Å². The number of aromatic nitrogens is 2. The van der Waals surface area contributed by atoms with E-state index in [9.17, 15) is 13.6 Å². The van der Waals surface area contributed by atoms with Crippen LogP contribution in [-0.4, -0.2) is 40.6 Å². The molecule has 1 aliphatic heterocycles. The molecule has 0 N–H and O–H groups in total. The molecule has 27 heavy (non-hydrogen) atoms. The highest BCUT2D eigenvalue weighted by molar-refractivity contribution is 6.31. The minimum Gasteiger partial charge on any atom is -0.461 e. The summed E-state index contributed by atoms with van der Waals surface area (Å²) in [4.78, 5) is 22.2. The number of ether oxygens (including phenoxy) is 2. The fraction of sp³-hybridized carbons (Fsp3) is 0.389. The van der Waals surface area contributed by atoms with E-state index in [4.69, 9.17) is 16.3 Å². The summed E-state index contributed by atoms with van der Waals surface area (Å²) < 4.78 is 34.0. The molecule has 3 heterocycles. The van der Waals surface area contributed by atoms with Crippen LogP contribution in [0.25, 0.3) is 0 Å². The summed E-state index contributed by atoms with van der Waals surface area (Å²) in [6.07, 6.45) is 2.11. The molecule has 1 aliphatic rings. The van der Waals surface area contributed by atoms with Crippen molar-refractivity contribution in [2.45, 2.75) is 33.0 Å². The fourth-order valence-corrected chi connectivity index (χ4v) is 3.26. The third kappa shape index (κ3) is 4.90. The maximum Gasteiger partial charge on any atom is 0.388 e. The van der Waals surface area contributed by atoms with Crippen molar-refractivity contribution in [2.24, 2.45) is 0 Å². The molecule has 0 radical (unpaired) electrons. The Kier molecular flexibility index (Phi) is 6.18. The number of hydrogen-bond donors (Lipinski definition) is 0. The number of hydrogen-bond acceptors (Lipinski definition) is 6. The third-order valence-electron chi connectivity index (χ3n) is 4.11. The fourth-order valence-electron chi connectivity index (χ4n) is 2.95. The second-order valence-electron chi connectivity index (χ2n) is 5.98. The molecule has 0 fully saturated rings. The van der Waals surface area contributed by atoms with Crippen LogP contribution in [0, 0.1) is 0 Å². The van der Waals surface area contributed by atoms with Crippen LogP contribution in [0.1, 0.15) is 34.2 Å². The maximum atomic E-state index is 12.3. The Bertz CT molecular complexity index is 835. The normalized spacial score (nSPS) is 14.1. The number of nitrogens with zero attached hydrogens (tertiary/aromatic N) is 3. The van der Waals surface area contributed by atoms with E-state index in [0.717, 1.165) is 23.4 Å². The van der Waals surface area contributed by atoms with Gasteiger partial charge in [-0.05, 0) is 36.6 Å². The van der Waals surface area contributed by atoms with Gasteiger partial charge in [-0.1, -0.05) is 11.6 Å². The van der Waals surface area contributed by atoms with Crippen molar-refractivity contribution in [3.05, 3.63) is 51.9 Å². The van der Waals surface area contributed by atoms with E-state index in [1.807, 2.05) is 0 Å². The molecule has 2 aromatic rings. The SMILES string of the molecule is CCOC(=O)c1cc(Cl)c2c(n1)CN(Cc1ccnc(OC(F)F)c1)CC2. The van der Waals surface area contributed by atoms with Crippen molar-refractivity contribution in [1.82, 2.24) is 14.9 Å². The predicted molar refractivity (Wildman–Crippen MR) is 93.9 cm³/mol. The average molecular weight is 398 g/mol. The van der Waals surface area contributed by atoms with Crippen molar-refractivity contribution < 1.29 is 23.0 Å². The highest BCUT2D eigenvalue weighted by atomic mass is 35.5. The summed E-state index contributed by atoms with van der Waals surface area (Å²) in [5, 5.41) is 0.499. The van der Waals surface area contributed by atoms with Crippen LogP contribution in [0.5, 0.6) is 5.88 Å². The summed E-state index contributed by atoms with van der Waals surface area (Å²) in [6.45, 7) is 0.773. The smallest absolute Gasteiger partial charge is 0.388 e. The monoisotopic (exact) mass is 397 g/mol. The zero-order valence-electron chi connectivity index (χ0n) is 14.6. The molecule has 0 atom stereocenters. The summed E-state index contributed by atoms with van der Waals surface area (Å²) in [5.74, 6) is -0.632. The molecule has 0 aliphatic carbocycles. The van der Waals surface area contributed by atoms with Crippen molar-refractivity contribution in [1.29, 1.82) is 0 Å². The lowest BCUT2D eigenvalue weighted by atomic mass is 10.0. The molecular weight excluding hydrogens is 380 g/mol. The lowest BCUT2D eigenvalue weighted by Gasteiger charge is -2.28. The number of carbonyl (C=O) groups excluding carboxylic acids is 1. The lowest BCUT2D eigenvalue weighted by molar-refractivity contribution is -0.0529. The van der Waals surface area contributed by atoms with E-state index in [0.29, 0.717) is 24.5 Å². The standard InChI is InChI=1S/C18H18ClF2N3O3/c1-2-26-17(25)14-8-13(19)12-4-6-24(10-15(12)23-14)9-11-3-5-22-16(7-11)27-18(20)21/h3,5,7-8,18H,2,4,6,9-10H2,1H3. The van der Waals surface area contributed by atoms with E-state index in [2.05, 4.69) is 19.6 Å².